The average Bonchev–Trinajstić information content (AvgIpc) is 3.53. The molecule has 0 N–H and O–H groups in total. The molecule has 0 saturated carbocycles. The molecular weight excluding hydrogens is 477 g/mol. The first-order chi connectivity index (χ1) is 17.4. The van der Waals surface area contributed by atoms with Crippen molar-refractivity contribution in [3.05, 3.63) is 51.6 Å². The third-order valence-corrected chi connectivity index (χ3v) is 8.37. The number of hydrogen-bond acceptors (Lipinski definition) is 7. The molecule has 36 heavy (non-hydrogen) atoms. The summed E-state index contributed by atoms with van der Waals surface area (Å²) >= 11 is 1.45. The van der Waals surface area contributed by atoms with E-state index in [-0.39, 0.29) is 36.0 Å². The van der Waals surface area contributed by atoms with Crippen molar-refractivity contribution in [3.63, 3.8) is 0 Å². The summed E-state index contributed by atoms with van der Waals surface area (Å²) in [4.78, 5) is 21.8. The Kier molecular flexibility index (Phi) is 6.53. The van der Waals surface area contributed by atoms with E-state index in [9.17, 15) is 4.79 Å². The van der Waals surface area contributed by atoms with Crippen LogP contribution in [0.4, 0.5) is 10.1 Å². The van der Waals surface area contributed by atoms with Crippen molar-refractivity contribution in [2.24, 2.45) is 7.05 Å². The highest BCUT2D eigenvalue weighted by molar-refractivity contribution is 7.16. The van der Waals surface area contributed by atoms with E-state index in [0.717, 1.165) is 35.3 Å². The number of hydrogen-bond donors (Lipinski definition) is 0. The first kappa shape index (κ1) is 24.4. The lowest BCUT2D eigenvalue weighted by atomic mass is 9.96. The largest absolute Gasteiger partial charge is 0.364 e. The van der Waals surface area contributed by atoms with E-state index in [4.69, 9.17) is 5.26 Å². The van der Waals surface area contributed by atoms with Gasteiger partial charge < -0.3 is 9.47 Å². The highest BCUT2D eigenvalue weighted by atomic mass is 32.1. The van der Waals surface area contributed by atoms with Crippen LogP contribution in [-0.2, 0) is 13.6 Å². The molecule has 1 aliphatic heterocycles. The molecule has 10 heteroatoms. The molecule has 0 amide bonds. The Balaban J connectivity index is 1.53. The fourth-order valence-corrected chi connectivity index (χ4v) is 6.15. The van der Waals surface area contributed by atoms with Crippen LogP contribution in [0.3, 0.4) is 0 Å². The maximum atomic E-state index is 15.4. The van der Waals surface area contributed by atoms with Crippen molar-refractivity contribution in [1.29, 1.82) is 5.26 Å². The number of nitriles is 1. The Morgan fingerprint density at radius 1 is 1.22 bits per heavy atom. The molecule has 1 aliphatic rings. The molecule has 1 fully saturated rings. The Morgan fingerprint density at radius 2 is 2.00 bits per heavy atom. The molecule has 8 nitrogen and oxygen atoms in total. The second-order valence-corrected chi connectivity index (χ2v) is 10.3. The second kappa shape index (κ2) is 9.64. The van der Waals surface area contributed by atoms with E-state index in [1.807, 2.05) is 12.1 Å². The SMILES string of the molecule is CC[C@H]1CN([C@@H](C)c2ccc3scnc3c2F)[C@H](CC)CN1c1cc(=O)n(C)c2cn(CC#N)nc12. The predicted octanol–water partition coefficient (Wildman–Crippen LogP) is 4.45. The summed E-state index contributed by atoms with van der Waals surface area (Å²) in [6.07, 6.45) is 3.51. The topological polar surface area (TPSA) is 83.0 Å². The van der Waals surface area contributed by atoms with Gasteiger partial charge in [0, 0.05) is 49.9 Å². The summed E-state index contributed by atoms with van der Waals surface area (Å²) in [6.45, 7) is 7.92. The van der Waals surface area contributed by atoms with Gasteiger partial charge in [0.15, 0.2) is 5.82 Å². The number of piperazine rings is 1. The van der Waals surface area contributed by atoms with Crippen molar-refractivity contribution >= 4 is 38.3 Å². The van der Waals surface area contributed by atoms with Crippen LogP contribution in [0.15, 0.2) is 34.7 Å². The molecule has 0 radical (unpaired) electrons. The van der Waals surface area contributed by atoms with Crippen LogP contribution in [0, 0.1) is 17.1 Å². The van der Waals surface area contributed by atoms with Crippen LogP contribution in [0.5, 0.6) is 0 Å². The highest BCUT2D eigenvalue weighted by Crippen LogP contribution is 2.36. The van der Waals surface area contributed by atoms with E-state index in [1.165, 1.54) is 11.3 Å². The molecule has 188 valence electrons. The van der Waals surface area contributed by atoms with Crippen molar-refractivity contribution in [2.45, 2.75) is 58.3 Å². The lowest BCUT2D eigenvalue weighted by Gasteiger charge is -2.49. The van der Waals surface area contributed by atoms with Crippen molar-refractivity contribution in [2.75, 3.05) is 18.0 Å². The third-order valence-electron chi connectivity index (χ3n) is 7.58. The van der Waals surface area contributed by atoms with Gasteiger partial charge in [0.2, 0.25) is 0 Å². The molecule has 1 saturated heterocycles. The number of nitrogens with zero attached hydrogens (tertiary/aromatic N) is 7. The van der Waals surface area contributed by atoms with Gasteiger partial charge in [0.1, 0.15) is 17.6 Å². The molecule has 0 unspecified atom stereocenters. The zero-order valence-electron chi connectivity index (χ0n) is 21.0. The van der Waals surface area contributed by atoms with Crippen LogP contribution >= 0.6 is 11.3 Å². The van der Waals surface area contributed by atoms with E-state index in [2.05, 4.69) is 46.7 Å². The van der Waals surface area contributed by atoms with Gasteiger partial charge in [-0.3, -0.25) is 14.4 Å². The lowest BCUT2D eigenvalue weighted by molar-refractivity contribution is 0.0995. The second-order valence-electron chi connectivity index (χ2n) is 9.46. The van der Waals surface area contributed by atoms with Crippen LogP contribution in [0.2, 0.25) is 0 Å². The van der Waals surface area contributed by atoms with Gasteiger partial charge in [-0.05, 0) is 25.8 Å². The lowest BCUT2D eigenvalue weighted by Crippen LogP contribution is -2.59. The third kappa shape index (κ3) is 3.96. The number of aryl methyl sites for hydroxylation is 1. The molecule has 0 bridgehead atoms. The monoisotopic (exact) mass is 507 g/mol. The molecule has 4 heterocycles. The van der Waals surface area contributed by atoms with Gasteiger partial charge in [0.25, 0.3) is 5.56 Å². The summed E-state index contributed by atoms with van der Waals surface area (Å²) < 4.78 is 19.4. The average molecular weight is 508 g/mol. The van der Waals surface area contributed by atoms with Gasteiger partial charge in [-0.15, -0.1) is 11.3 Å². The Hall–Kier alpha value is -3.29. The number of halogens is 1. The van der Waals surface area contributed by atoms with Gasteiger partial charge in [-0.2, -0.15) is 10.4 Å². The zero-order chi connectivity index (χ0) is 25.6. The standard InChI is InChI=1S/C26H30FN7OS/c1-5-17-13-34(20-11-23(35)31(4)21-14-32(10-9-28)30-25(20)21)18(6-2)12-33(17)16(3)19-7-8-22-26(24(19)27)29-15-36-22/h7-8,11,14-18H,5-6,10,12-13H2,1-4H3/t16-,17+,18-/m0/s1. The first-order valence-corrected chi connectivity index (χ1v) is 13.2. The fraction of sp³-hybridized carbons (Fsp3) is 0.462. The maximum Gasteiger partial charge on any atom is 0.252 e. The normalized spacial score (nSPS) is 19.7. The molecule has 5 rings (SSSR count). The van der Waals surface area contributed by atoms with Crippen LogP contribution < -0.4 is 10.5 Å². The van der Waals surface area contributed by atoms with Gasteiger partial charge in [0.05, 0.1) is 33.7 Å². The minimum absolute atomic E-state index is 0.105. The molecule has 0 aliphatic carbocycles. The van der Waals surface area contributed by atoms with Crippen LogP contribution in [0.1, 0.15) is 45.2 Å². The summed E-state index contributed by atoms with van der Waals surface area (Å²) in [6, 6.07) is 7.81. The van der Waals surface area contributed by atoms with Gasteiger partial charge in [-0.1, -0.05) is 19.9 Å². The maximum absolute atomic E-state index is 15.4. The minimum Gasteiger partial charge on any atom is -0.364 e. The Morgan fingerprint density at radius 3 is 2.72 bits per heavy atom. The molecule has 3 aromatic heterocycles. The van der Waals surface area contributed by atoms with Gasteiger partial charge >= 0.3 is 0 Å². The number of rotatable bonds is 6. The van der Waals surface area contributed by atoms with E-state index in [1.54, 1.807) is 34.1 Å². The molecular formula is C26H30FN7OS. The molecule has 4 aromatic rings. The fourth-order valence-electron chi connectivity index (χ4n) is 5.48. The zero-order valence-corrected chi connectivity index (χ0v) is 21.8. The Bertz CT molecular complexity index is 1520. The highest BCUT2D eigenvalue weighted by Gasteiger charge is 2.37. The Labute approximate surface area is 213 Å². The van der Waals surface area contributed by atoms with E-state index in [0.29, 0.717) is 23.1 Å². The number of fused-ring (bicyclic) bond motifs is 2. The molecule has 1 aromatic carbocycles. The van der Waals surface area contributed by atoms with Crippen LogP contribution in [-0.4, -0.2) is 49.4 Å². The summed E-state index contributed by atoms with van der Waals surface area (Å²) in [5, 5.41) is 13.8. The van der Waals surface area contributed by atoms with Crippen molar-refractivity contribution in [1.82, 2.24) is 24.2 Å². The van der Waals surface area contributed by atoms with E-state index >= 15 is 4.39 Å². The number of pyridine rings is 1. The number of thiazole rings is 1. The summed E-state index contributed by atoms with van der Waals surface area (Å²) in [5.74, 6) is -0.233. The van der Waals surface area contributed by atoms with Crippen molar-refractivity contribution in [3.8, 4) is 6.07 Å². The van der Waals surface area contributed by atoms with Crippen LogP contribution in [0.25, 0.3) is 21.3 Å². The summed E-state index contributed by atoms with van der Waals surface area (Å²) in [7, 11) is 1.73. The minimum atomic E-state index is -0.233. The predicted molar refractivity (Wildman–Crippen MR) is 141 cm³/mol. The number of aromatic nitrogens is 4. The first-order valence-electron chi connectivity index (χ1n) is 12.4. The quantitative estimate of drug-likeness (QED) is 0.384. The number of anilines is 1. The molecule has 0 spiro atoms. The van der Waals surface area contributed by atoms with Crippen molar-refractivity contribution < 1.29 is 4.39 Å². The number of benzene rings is 1. The molecule has 3 atom stereocenters. The van der Waals surface area contributed by atoms with Gasteiger partial charge in [-0.25, -0.2) is 9.37 Å². The summed E-state index contributed by atoms with van der Waals surface area (Å²) in [5.41, 5.74) is 4.93. The van der Waals surface area contributed by atoms with E-state index < -0.39 is 0 Å². The smallest absolute Gasteiger partial charge is 0.252 e.